The van der Waals surface area contributed by atoms with Gasteiger partial charge in [-0.2, -0.15) is 0 Å². The van der Waals surface area contributed by atoms with Gasteiger partial charge in [0.1, 0.15) is 11.6 Å². The van der Waals surface area contributed by atoms with Crippen LogP contribution >= 0.6 is 0 Å². The van der Waals surface area contributed by atoms with Crippen LogP contribution in [-0.4, -0.2) is 19.7 Å². The van der Waals surface area contributed by atoms with Gasteiger partial charge in [0.15, 0.2) is 0 Å². The third-order valence-corrected chi connectivity index (χ3v) is 2.93. The molecule has 6 heteroatoms. The lowest BCUT2D eigenvalue weighted by Gasteiger charge is -2.14. The molecule has 0 radical (unpaired) electrons. The maximum atomic E-state index is 5.39. The molecule has 0 aliphatic carbocycles. The van der Waals surface area contributed by atoms with Gasteiger partial charge in [-0.3, -0.25) is 4.57 Å². The summed E-state index contributed by atoms with van der Waals surface area (Å²) in [6.07, 6.45) is 5.14. The fourth-order valence-electron chi connectivity index (χ4n) is 2.08. The first-order valence-corrected chi connectivity index (χ1v) is 5.90. The molecule has 0 saturated carbocycles. The highest BCUT2D eigenvalue weighted by molar-refractivity contribution is 5.26. The van der Waals surface area contributed by atoms with E-state index in [1.807, 2.05) is 6.92 Å². The molecule has 0 saturated heterocycles. The van der Waals surface area contributed by atoms with Crippen LogP contribution in [0.15, 0.2) is 10.6 Å². The highest BCUT2D eigenvalue weighted by Crippen LogP contribution is 2.17. The van der Waals surface area contributed by atoms with Gasteiger partial charge in [0.2, 0.25) is 11.8 Å². The number of anilines is 1. The zero-order chi connectivity index (χ0) is 11.7. The molecule has 2 aromatic rings. The van der Waals surface area contributed by atoms with Crippen LogP contribution in [-0.2, 0) is 19.5 Å². The van der Waals surface area contributed by atoms with Gasteiger partial charge in [-0.15, -0.1) is 10.2 Å². The molecule has 1 aliphatic rings. The number of oxazole rings is 1. The second kappa shape index (κ2) is 4.20. The average Bonchev–Trinajstić information content (AvgIpc) is 2.93. The van der Waals surface area contributed by atoms with E-state index in [4.69, 9.17) is 4.42 Å². The average molecular weight is 233 g/mol. The summed E-state index contributed by atoms with van der Waals surface area (Å²) in [6.45, 7) is 3.43. The highest BCUT2D eigenvalue weighted by Gasteiger charge is 2.15. The van der Waals surface area contributed by atoms with Gasteiger partial charge in [0, 0.05) is 13.0 Å². The minimum absolute atomic E-state index is 0.548. The van der Waals surface area contributed by atoms with Gasteiger partial charge in [-0.1, -0.05) is 0 Å². The zero-order valence-corrected chi connectivity index (χ0v) is 9.81. The molecule has 1 N–H and O–H groups in total. The maximum absolute atomic E-state index is 5.39. The number of aryl methyl sites for hydroxylation is 2. The van der Waals surface area contributed by atoms with E-state index < -0.39 is 0 Å². The van der Waals surface area contributed by atoms with Crippen molar-refractivity contribution in [1.29, 1.82) is 0 Å². The van der Waals surface area contributed by atoms with Gasteiger partial charge in [-0.25, -0.2) is 4.98 Å². The van der Waals surface area contributed by atoms with Crippen LogP contribution < -0.4 is 5.32 Å². The lowest BCUT2D eigenvalue weighted by atomic mass is 10.2. The van der Waals surface area contributed by atoms with Crippen LogP contribution in [0.2, 0.25) is 0 Å². The summed E-state index contributed by atoms with van der Waals surface area (Å²) in [4.78, 5) is 4.14. The van der Waals surface area contributed by atoms with E-state index in [2.05, 4.69) is 25.1 Å². The predicted molar refractivity (Wildman–Crippen MR) is 61.5 cm³/mol. The van der Waals surface area contributed by atoms with Crippen molar-refractivity contribution < 1.29 is 4.42 Å². The molecule has 0 aromatic carbocycles. The monoisotopic (exact) mass is 233 g/mol. The highest BCUT2D eigenvalue weighted by atomic mass is 16.4. The topological polar surface area (TPSA) is 68.8 Å². The van der Waals surface area contributed by atoms with Crippen molar-refractivity contribution >= 4 is 5.95 Å². The Morgan fingerprint density at radius 2 is 2.35 bits per heavy atom. The second-order valence-corrected chi connectivity index (χ2v) is 4.27. The van der Waals surface area contributed by atoms with E-state index in [1.165, 1.54) is 12.8 Å². The summed E-state index contributed by atoms with van der Waals surface area (Å²) in [5, 5.41) is 11.5. The number of fused-ring (bicyclic) bond motifs is 1. The first-order chi connectivity index (χ1) is 8.33. The number of nitrogens with one attached hydrogen (secondary N) is 1. The Morgan fingerprint density at radius 3 is 3.18 bits per heavy atom. The number of aromatic nitrogens is 4. The van der Waals surface area contributed by atoms with Crippen molar-refractivity contribution in [3.8, 4) is 0 Å². The Balaban J connectivity index is 1.71. The Labute approximate surface area is 99.1 Å². The van der Waals surface area contributed by atoms with E-state index in [9.17, 15) is 0 Å². The van der Waals surface area contributed by atoms with Gasteiger partial charge >= 0.3 is 0 Å². The molecule has 6 nitrogen and oxygen atoms in total. The van der Waals surface area contributed by atoms with Crippen LogP contribution in [0.3, 0.4) is 0 Å². The lowest BCUT2D eigenvalue weighted by molar-refractivity contribution is 0.476. The smallest absolute Gasteiger partial charge is 0.225 e. The summed E-state index contributed by atoms with van der Waals surface area (Å²) in [6, 6.07) is 0. The summed E-state index contributed by atoms with van der Waals surface area (Å²) in [5.74, 6) is 3.39. The van der Waals surface area contributed by atoms with Crippen molar-refractivity contribution in [3.05, 3.63) is 23.7 Å². The first kappa shape index (κ1) is 10.3. The summed E-state index contributed by atoms with van der Waals surface area (Å²) >= 11 is 0. The zero-order valence-electron chi connectivity index (χ0n) is 9.81. The molecule has 0 fully saturated rings. The SMILES string of the molecule is Cc1cnc(CNc2nnc3n2CCCC3)o1. The number of rotatable bonds is 3. The molecule has 90 valence electrons. The Kier molecular flexibility index (Phi) is 2.55. The first-order valence-electron chi connectivity index (χ1n) is 5.90. The Hall–Kier alpha value is -1.85. The fraction of sp³-hybridized carbons (Fsp3) is 0.545. The van der Waals surface area contributed by atoms with E-state index >= 15 is 0 Å². The summed E-state index contributed by atoms with van der Waals surface area (Å²) < 4.78 is 7.53. The van der Waals surface area contributed by atoms with E-state index in [0.717, 1.165) is 30.5 Å². The molecule has 0 spiro atoms. The van der Waals surface area contributed by atoms with Gasteiger partial charge < -0.3 is 9.73 Å². The molecule has 17 heavy (non-hydrogen) atoms. The number of hydrogen-bond donors (Lipinski definition) is 1. The van der Waals surface area contributed by atoms with Crippen LogP contribution in [0, 0.1) is 6.92 Å². The van der Waals surface area contributed by atoms with Crippen molar-refractivity contribution in [2.45, 2.75) is 39.3 Å². The Bertz CT molecular complexity index is 516. The molecule has 0 unspecified atom stereocenters. The third kappa shape index (κ3) is 2.02. The molecular weight excluding hydrogens is 218 g/mol. The van der Waals surface area contributed by atoms with E-state index in [0.29, 0.717) is 12.4 Å². The standard InChI is InChI=1S/C11H15N5O/c1-8-6-12-10(17-8)7-13-11-15-14-9-4-2-3-5-16(9)11/h6H,2-5,7H2,1H3,(H,13,15). The molecule has 1 aliphatic heterocycles. The summed E-state index contributed by atoms with van der Waals surface area (Å²) in [5.41, 5.74) is 0. The van der Waals surface area contributed by atoms with Crippen LogP contribution in [0.4, 0.5) is 5.95 Å². The molecule has 3 heterocycles. The van der Waals surface area contributed by atoms with Crippen LogP contribution in [0.25, 0.3) is 0 Å². The van der Waals surface area contributed by atoms with Gasteiger partial charge in [0.25, 0.3) is 0 Å². The Morgan fingerprint density at radius 1 is 1.41 bits per heavy atom. The van der Waals surface area contributed by atoms with Gasteiger partial charge in [-0.05, 0) is 19.8 Å². The number of nitrogens with zero attached hydrogens (tertiary/aromatic N) is 4. The van der Waals surface area contributed by atoms with Crippen molar-refractivity contribution in [2.75, 3.05) is 5.32 Å². The van der Waals surface area contributed by atoms with Crippen LogP contribution in [0.5, 0.6) is 0 Å². The summed E-state index contributed by atoms with van der Waals surface area (Å²) in [7, 11) is 0. The van der Waals surface area contributed by atoms with Crippen molar-refractivity contribution in [2.24, 2.45) is 0 Å². The quantitative estimate of drug-likeness (QED) is 0.870. The fourth-order valence-corrected chi connectivity index (χ4v) is 2.08. The van der Waals surface area contributed by atoms with Crippen molar-refractivity contribution in [1.82, 2.24) is 19.7 Å². The molecule has 0 amide bonds. The predicted octanol–water partition coefficient (Wildman–Crippen LogP) is 1.52. The van der Waals surface area contributed by atoms with Gasteiger partial charge in [0.05, 0.1) is 12.7 Å². The van der Waals surface area contributed by atoms with E-state index in [1.54, 1.807) is 6.20 Å². The molecule has 0 atom stereocenters. The normalized spacial score (nSPS) is 14.6. The number of hydrogen-bond acceptors (Lipinski definition) is 5. The minimum atomic E-state index is 0.548. The third-order valence-electron chi connectivity index (χ3n) is 2.93. The molecular formula is C11H15N5O. The molecule has 0 bridgehead atoms. The van der Waals surface area contributed by atoms with Crippen molar-refractivity contribution in [3.63, 3.8) is 0 Å². The second-order valence-electron chi connectivity index (χ2n) is 4.27. The minimum Gasteiger partial charge on any atom is -0.444 e. The maximum Gasteiger partial charge on any atom is 0.225 e. The van der Waals surface area contributed by atoms with E-state index in [-0.39, 0.29) is 0 Å². The largest absolute Gasteiger partial charge is 0.444 e. The van der Waals surface area contributed by atoms with Crippen LogP contribution in [0.1, 0.15) is 30.3 Å². The lowest BCUT2D eigenvalue weighted by Crippen LogP contribution is -2.14. The molecule has 3 rings (SSSR count). The molecule has 2 aromatic heterocycles.